The van der Waals surface area contributed by atoms with Crippen LogP contribution >= 0.6 is 0 Å². The minimum atomic E-state index is -1.23. The third-order valence-electron chi connectivity index (χ3n) is 3.95. The fourth-order valence-electron chi connectivity index (χ4n) is 2.31. The molecule has 0 saturated carbocycles. The summed E-state index contributed by atoms with van der Waals surface area (Å²) in [5.41, 5.74) is 0.0184. The molecular weight excluding hydrogens is 394 g/mol. The zero-order valence-corrected chi connectivity index (χ0v) is 16.4. The minimum absolute atomic E-state index is 0.0596. The van der Waals surface area contributed by atoms with E-state index in [0.717, 1.165) is 0 Å². The van der Waals surface area contributed by atoms with Gasteiger partial charge in [0.05, 0.1) is 29.7 Å². The maximum atomic E-state index is 12.3. The molecule has 10 heteroatoms. The molecule has 1 amide bonds. The Labute approximate surface area is 172 Å². The molecule has 0 heterocycles. The number of hydrogen-bond donors (Lipinski definition) is 1. The summed E-state index contributed by atoms with van der Waals surface area (Å²) < 4.78 is 15.5. The number of nitriles is 1. The lowest BCUT2D eigenvalue weighted by atomic mass is 10.2. The minimum Gasteiger partial charge on any atom is -0.496 e. The van der Waals surface area contributed by atoms with Gasteiger partial charge in [0, 0.05) is 0 Å². The van der Waals surface area contributed by atoms with Gasteiger partial charge < -0.3 is 19.5 Å². The molecule has 1 N–H and O–H groups in total. The standard InChI is InChI=1S/C20H19N3O7/c1-12(19(24)22-17-9-8-16(28-3)10-18(17)23(26)27)30-20(25)13(2)29-15-6-4-14(11-21)5-7-15/h4-10,12-13H,1-3H3,(H,22,24)/t12-,13+/m1/s1. The quantitative estimate of drug-likeness (QED) is 0.396. The Kier molecular flexibility index (Phi) is 7.30. The van der Waals surface area contributed by atoms with Crippen LogP contribution in [0, 0.1) is 21.4 Å². The molecular formula is C20H19N3O7. The number of methoxy groups -OCH3 is 1. The van der Waals surface area contributed by atoms with Gasteiger partial charge in [-0.05, 0) is 50.2 Å². The van der Waals surface area contributed by atoms with E-state index in [0.29, 0.717) is 11.3 Å². The molecule has 156 valence electrons. The van der Waals surface area contributed by atoms with Gasteiger partial charge in [-0.3, -0.25) is 14.9 Å². The second-order valence-corrected chi connectivity index (χ2v) is 6.10. The highest BCUT2D eigenvalue weighted by atomic mass is 16.6. The van der Waals surface area contributed by atoms with Crippen LogP contribution < -0.4 is 14.8 Å². The summed E-state index contributed by atoms with van der Waals surface area (Å²) in [6, 6.07) is 12.0. The van der Waals surface area contributed by atoms with Crippen LogP contribution in [0.5, 0.6) is 11.5 Å². The van der Waals surface area contributed by atoms with Crippen molar-refractivity contribution < 1.29 is 28.7 Å². The third-order valence-corrected chi connectivity index (χ3v) is 3.95. The molecule has 2 atom stereocenters. The summed E-state index contributed by atoms with van der Waals surface area (Å²) in [5.74, 6) is -0.939. The second kappa shape index (κ2) is 9.88. The van der Waals surface area contributed by atoms with Crippen LogP contribution in [0.25, 0.3) is 0 Å². The fourth-order valence-corrected chi connectivity index (χ4v) is 2.31. The molecule has 0 saturated heterocycles. The number of carbonyl (C=O) groups is 2. The SMILES string of the molecule is COc1ccc(NC(=O)[C@@H](C)OC(=O)[C@H](C)Oc2ccc(C#N)cc2)c([N+](=O)[O-])c1. The predicted molar refractivity (Wildman–Crippen MR) is 105 cm³/mol. The Morgan fingerprint density at radius 1 is 1.10 bits per heavy atom. The molecule has 10 nitrogen and oxygen atoms in total. The lowest BCUT2D eigenvalue weighted by molar-refractivity contribution is -0.384. The summed E-state index contributed by atoms with van der Waals surface area (Å²) in [6.45, 7) is 2.77. The number of esters is 1. The highest BCUT2D eigenvalue weighted by Crippen LogP contribution is 2.29. The van der Waals surface area contributed by atoms with Gasteiger partial charge >= 0.3 is 5.97 Å². The van der Waals surface area contributed by atoms with Crippen LogP contribution in [-0.2, 0) is 14.3 Å². The summed E-state index contributed by atoms with van der Waals surface area (Å²) >= 11 is 0. The number of ether oxygens (including phenoxy) is 3. The molecule has 0 aliphatic heterocycles. The van der Waals surface area contributed by atoms with Gasteiger partial charge in [-0.15, -0.1) is 0 Å². The van der Waals surface area contributed by atoms with Crippen molar-refractivity contribution in [2.24, 2.45) is 0 Å². The van der Waals surface area contributed by atoms with Crippen molar-refractivity contribution >= 4 is 23.3 Å². The number of carbonyl (C=O) groups excluding carboxylic acids is 2. The highest BCUT2D eigenvalue weighted by molar-refractivity contribution is 5.97. The first kappa shape index (κ1) is 22.2. The van der Waals surface area contributed by atoms with Crippen molar-refractivity contribution in [2.45, 2.75) is 26.1 Å². The molecule has 30 heavy (non-hydrogen) atoms. The first-order valence-electron chi connectivity index (χ1n) is 8.75. The summed E-state index contributed by atoms with van der Waals surface area (Å²) in [7, 11) is 1.36. The molecule has 2 rings (SSSR count). The Morgan fingerprint density at radius 3 is 2.30 bits per heavy atom. The van der Waals surface area contributed by atoms with Crippen molar-refractivity contribution in [2.75, 3.05) is 12.4 Å². The van der Waals surface area contributed by atoms with Gasteiger partial charge in [0.2, 0.25) is 0 Å². The van der Waals surface area contributed by atoms with E-state index in [-0.39, 0.29) is 17.1 Å². The summed E-state index contributed by atoms with van der Waals surface area (Å²) in [4.78, 5) is 35.0. The molecule has 0 fully saturated rings. The lowest BCUT2D eigenvalue weighted by Crippen LogP contribution is -2.35. The van der Waals surface area contributed by atoms with Gasteiger partial charge in [-0.25, -0.2) is 4.79 Å². The van der Waals surface area contributed by atoms with Crippen LogP contribution in [0.2, 0.25) is 0 Å². The van der Waals surface area contributed by atoms with E-state index in [4.69, 9.17) is 19.5 Å². The lowest BCUT2D eigenvalue weighted by Gasteiger charge is -2.18. The molecule has 0 bridgehead atoms. The van der Waals surface area contributed by atoms with E-state index in [9.17, 15) is 19.7 Å². The zero-order chi connectivity index (χ0) is 22.3. The Balaban J connectivity index is 1.98. The third kappa shape index (κ3) is 5.68. The van der Waals surface area contributed by atoms with E-state index in [1.807, 2.05) is 6.07 Å². The van der Waals surface area contributed by atoms with Gasteiger partial charge in [0.15, 0.2) is 12.2 Å². The van der Waals surface area contributed by atoms with E-state index < -0.39 is 29.0 Å². The highest BCUT2D eigenvalue weighted by Gasteiger charge is 2.25. The fraction of sp³-hybridized carbons (Fsp3) is 0.250. The maximum Gasteiger partial charge on any atom is 0.347 e. The number of hydrogen-bond acceptors (Lipinski definition) is 8. The average Bonchev–Trinajstić information content (AvgIpc) is 2.74. The maximum absolute atomic E-state index is 12.3. The number of amides is 1. The van der Waals surface area contributed by atoms with Crippen LogP contribution in [-0.4, -0.2) is 36.1 Å². The molecule has 0 aliphatic carbocycles. The number of nitro groups is 1. The molecule has 0 radical (unpaired) electrons. The Morgan fingerprint density at radius 2 is 1.73 bits per heavy atom. The van der Waals surface area contributed by atoms with Crippen molar-refractivity contribution in [3.63, 3.8) is 0 Å². The number of rotatable bonds is 8. The molecule has 0 aromatic heterocycles. The summed E-state index contributed by atoms with van der Waals surface area (Å²) in [6.07, 6.45) is -2.25. The largest absolute Gasteiger partial charge is 0.496 e. The molecule has 0 spiro atoms. The number of nitro benzene ring substituents is 1. The van der Waals surface area contributed by atoms with E-state index >= 15 is 0 Å². The smallest absolute Gasteiger partial charge is 0.347 e. The molecule has 0 aliphatic rings. The first-order valence-corrected chi connectivity index (χ1v) is 8.75. The number of benzene rings is 2. The average molecular weight is 413 g/mol. The molecule has 2 aromatic rings. The normalized spacial score (nSPS) is 12.1. The molecule has 0 unspecified atom stereocenters. The van der Waals surface area contributed by atoms with Gasteiger partial charge in [-0.1, -0.05) is 0 Å². The van der Waals surface area contributed by atoms with Gasteiger partial charge in [0.25, 0.3) is 11.6 Å². The number of nitrogens with one attached hydrogen (secondary N) is 1. The van der Waals surface area contributed by atoms with E-state index in [2.05, 4.69) is 5.32 Å². The van der Waals surface area contributed by atoms with Crippen molar-refractivity contribution in [1.82, 2.24) is 0 Å². The topological polar surface area (TPSA) is 141 Å². The first-order chi connectivity index (χ1) is 14.2. The number of nitrogens with zero attached hydrogens (tertiary/aromatic N) is 2. The monoisotopic (exact) mass is 413 g/mol. The van der Waals surface area contributed by atoms with E-state index in [1.165, 1.54) is 63.4 Å². The second-order valence-electron chi connectivity index (χ2n) is 6.10. The zero-order valence-electron chi connectivity index (χ0n) is 16.4. The van der Waals surface area contributed by atoms with Gasteiger partial charge in [0.1, 0.15) is 17.2 Å². The van der Waals surface area contributed by atoms with Crippen LogP contribution in [0.3, 0.4) is 0 Å². The van der Waals surface area contributed by atoms with Crippen LogP contribution in [0.1, 0.15) is 19.4 Å². The number of anilines is 1. The van der Waals surface area contributed by atoms with Crippen molar-refractivity contribution in [3.05, 3.63) is 58.1 Å². The van der Waals surface area contributed by atoms with E-state index in [1.54, 1.807) is 0 Å². The van der Waals surface area contributed by atoms with Crippen molar-refractivity contribution in [3.8, 4) is 17.6 Å². The van der Waals surface area contributed by atoms with Gasteiger partial charge in [-0.2, -0.15) is 5.26 Å². The summed E-state index contributed by atoms with van der Waals surface area (Å²) in [5, 5.41) is 22.3. The van der Waals surface area contributed by atoms with Crippen molar-refractivity contribution in [1.29, 1.82) is 5.26 Å². The Hall–Kier alpha value is -4.13. The predicted octanol–water partition coefficient (Wildman–Crippen LogP) is 2.81. The van der Waals surface area contributed by atoms with Crippen LogP contribution in [0.4, 0.5) is 11.4 Å². The molecule has 2 aromatic carbocycles. The Bertz CT molecular complexity index is 983. The van der Waals surface area contributed by atoms with Crippen LogP contribution in [0.15, 0.2) is 42.5 Å².